The molecule has 0 atom stereocenters. The maximum absolute atomic E-state index is 12.3. The number of piperidine rings is 1. The quantitative estimate of drug-likeness (QED) is 0.779. The molecule has 2 aliphatic heterocycles. The lowest BCUT2D eigenvalue weighted by molar-refractivity contribution is -0.00126. The third kappa shape index (κ3) is 3.99. The van der Waals surface area contributed by atoms with E-state index < -0.39 is 0 Å². The number of rotatable bonds is 6. The molecule has 0 N–H and O–H groups in total. The molecule has 6 nitrogen and oxygen atoms in total. The number of thiazole rings is 1. The number of nitrogens with zero attached hydrogens (tertiary/aromatic N) is 3. The van der Waals surface area contributed by atoms with Crippen LogP contribution in [0.25, 0.3) is 0 Å². The Kier molecular flexibility index (Phi) is 5.08. The van der Waals surface area contributed by atoms with Crippen LogP contribution in [0, 0.1) is 0 Å². The molecule has 1 aromatic heterocycles. The first-order valence-corrected chi connectivity index (χ1v) is 9.87. The van der Waals surface area contributed by atoms with E-state index >= 15 is 0 Å². The zero-order valence-electron chi connectivity index (χ0n) is 14.7. The van der Waals surface area contributed by atoms with Crippen LogP contribution < -0.4 is 4.74 Å². The summed E-state index contributed by atoms with van der Waals surface area (Å²) in [5.74, 6) is 0.824. The summed E-state index contributed by atoms with van der Waals surface area (Å²) in [6, 6.07) is 9.67. The van der Waals surface area contributed by atoms with Gasteiger partial charge in [0.15, 0.2) is 0 Å². The minimum atomic E-state index is -0.330. The van der Waals surface area contributed by atoms with Crippen molar-refractivity contribution in [1.29, 1.82) is 0 Å². The van der Waals surface area contributed by atoms with Crippen molar-refractivity contribution in [3.05, 3.63) is 46.9 Å². The van der Waals surface area contributed by atoms with E-state index in [1.54, 1.807) is 16.2 Å². The molecule has 3 heterocycles. The number of ether oxygens (including phenoxy) is 2. The Morgan fingerprint density at radius 1 is 1.23 bits per heavy atom. The second kappa shape index (κ2) is 7.63. The average Bonchev–Trinajstić information content (AvgIpc) is 3.27. The number of carbonyl (C=O) groups is 1. The van der Waals surface area contributed by atoms with E-state index in [2.05, 4.69) is 9.88 Å². The lowest BCUT2D eigenvalue weighted by Gasteiger charge is -2.37. The molecule has 1 spiro atoms. The highest BCUT2D eigenvalue weighted by molar-refractivity contribution is 7.09. The van der Waals surface area contributed by atoms with E-state index in [1.807, 2.05) is 41.9 Å². The van der Waals surface area contributed by atoms with Crippen LogP contribution in [0.4, 0.5) is 4.79 Å². The summed E-state index contributed by atoms with van der Waals surface area (Å²) < 4.78 is 11.5. The van der Waals surface area contributed by atoms with E-state index in [0.717, 1.165) is 43.2 Å². The van der Waals surface area contributed by atoms with Gasteiger partial charge < -0.3 is 14.4 Å². The molecule has 2 saturated heterocycles. The Labute approximate surface area is 157 Å². The average molecular weight is 373 g/mol. The Morgan fingerprint density at radius 3 is 2.77 bits per heavy atom. The first-order chi connectivity index (χ1) is 12.7. The number of aromatic nitrogens is 1. The summed E-state index contributed by atoms with van der Waals surface area (Å²) in [5.41, 5.74) is -0.330. The van der Waals surface area contributed by atoms with Gasteiger partial charge in [-0.05, 0) is 12.1 Å². The molecule has 0 saturated carbocycles. The van der Waals surface area contributed by atoms with E-state index in [0.29, 0.717) is 19.7 Å². The van der Waals surface area contributed by atoms with Crippen LogP contribution >= 0.6 is 11.3 Å². The summed E-state index contributed by atoms with van der Waals surface area (Å²) in [6.07, 6.45) is 3.38. The van der Waals surface area contributed by atoms with Crippen LogP contribution in [0.15, 0.2) is 41.9 Å². The van der Waals surface area contributed by atoms with Crippen molar-refractivity contribution in [2.45, 2.75) is 25.0 Å². The Balaban J connectivity index is 1.25. The molecule has 1 amide bonds. The summed E-state index contributed by atoms with van der Waals surface area (Å²) >= 11 is 1.69. The smallest absolute Gasteiger partial charge is 0.410 e. The molecule has 26 heavy (non-hydrogen) atoms. The summed E-state index contributed by atoms with van der Waals surface area (Å²) in [7, 11) is 0. The van der Waals surface area contributed by atoms with Gasteiger partial charge in [0.2, 0.25) is 0 Å². The van der Waals surface area contributed by atoms with Crippen LogP contribution in [0.5, 0.6) is 5.75 Å². The molecule has 2 fully saturated rings. The third-order valence-electron chi connectivity index (χ3n) is 5.02. The minimum absolute atomic E-state index is 0.213. The molecule has 138 valence electrons. The maximum Gasteiger partial charge on any atom is 0.410 e. The van der Waals surface area contributed by atoms with Gasteiger partial charge in [0.25, 0.3) is 0 Å². The number of hydrogen-bond donors (Lipinski definition) is 0. The lowest BCUT2D eigenvalue weighted by Crippen LogP contribution is -2.46. The topological polar surface area (TPSA) is 54.9 Å². The number of hydrogen-bond acceptors (Lipinski definition) is 6. The van der Waals surface area contributed by atoms with E-state index in [1.165, 1.54) is 0 Å². The van der Waals surface area contributed by atoms with Crippen LogP contribution in [-0.4, -0.2) is 59.3 Å². The predicted octanol–water partition coefficient (Wildman–Crippen LogP) is 3.01. The van der Waals surface area contributed by atoms with Crippen molar-refractivity contribution in [1.82, 2.24) is 14.8 Å². The lowest BCUT2D eigenvalue weighted by atomic mass is 9.91. The number of likely N-dealkylation sites (tertiary alicyclic amines) is 1. The highest BCUT2D eigenvalue weighted by Gasteiger charge is 2.46. The predicted molar refractivity (Wildman–Crippen MR) is 99.3 cm³/mol. The molecule has 0 unspecified atom stereocenters. The minimum Gasteiger partial charge on any atom is -0.492 e. The number of para-hydroxylation sites is 1. The Morgan fingerprint density at radius 2 is 2.04 bits per heavy atom. The number of carbonyl (C=O) groups excluding carboxylic acids is 1. The SMILES string of the molecule is O=C1OC2(CCN(Cc3nccs3)CC2)CN1CCOc1ccccc1. The Bertz CT molecular complexity index is 715. The van der Waals surface area contributed by atoms with Crippen molar-refractivity contribution in [2.75, 3.05) is 32.8 Å². The molecule has 2 aliphatic rings. The molecule has 0 aliphatic carbocycles. The Hall–Kier alpha value is -2.12. The zero-order chi connectivity index (χ0) is 17.8. The summed E-state index contributed by atoms with van der Waals surface area (Å²) in [4.78, 5) is 20.8. The van der Waals surface area contributed by atoms with Gasteiger partial charge in [-0.15, -0.1) is 11.3 Å². The molecule has 0 radical (unpaired) electrons. The molecule has 7 heteroatoms. The van der Waals surface area contributed by atoms with Crippen molar-refractivity contribution in [2.24, 2.45) is 0 Å². The summed E-state index contributed by atoms with van der Waals surface area (Å²) in [5, 5.41) is 3.15. The van der Waals surface area contributed by atoms with Crippen LogP contribution in [0.1, 0.15) is 17.8 Å². The van der Waals surface area contributed by atoms with E-state index in [-0.39, 0.29) is 11.7 Å². The molecule has 4 rings (SSSR count). The van der Waals surface area contributed by atoms with Gasteiger partial charge in [0.1, 0.15) is 23.0 Å². The third-order valence-corrected chi connectivity index (χ3v) is 5.79. The van der Waals surface area contributed by atoms with Gasteiger partial charge in [-0.25, -0.2) is 9.78 Å². The molecular formula is C19H23N3O3S. The molecule has 1 aromatic carbocycles. The van der Waals surface area contributed by atoms with Crippen molar-refractivity contribution < 1.29 is 14.3 Å². The molecule has 0 bridgehead atoms. The first kappa shape index (κ1) is 17.3. The van der Waals surface area contributed by atoms with Gasteiger partial charge in [0.05, 0.1) is 19.6 Å². The molecular weight excluding hydrogens is 350 g/mol. The fourth-order valence-electron chi connectivity index (χ4n) is 3.56. The van der Waals surface area contributed by atoms with Gasteiger partial charge >= 0.3 is 6.09 Å². The van der Waals surface area contributed by atoms with Gasteiger partial charge in [-0.3, -0.25) is 4.90 Å². The summed E-state index contributed by atoms with van der Waals surface area (Å²) in [6.45, 7) is 4.44. The largest absolute Gasteiger partial charge is 0.492 e. The van der Waals surface area contributed by atoms with E-state index in [9.17, 15) is 4.79 Å². The normalized spacial score (nSPS) is 19.7. The van der Waals surface area contributed by atoms with Crippen LogP contribution in [0.2, 0.25) is 0 Å². The number of amides is 1. The van der Waals surface area contributed by atoms with Gasteiger partial charge in [-0.2, -0.15) is 0 Å². The van der Waals surface area contributed by atoms with Gasteiger partial charge in [0, 0.05) is 37.5 Å². The fourth-order valence-corrected chi connectivity index (χ4v) is 4.21. The number of benzene rings is 1. The van der Waals surface area contributed by atoms with E-state index in [4.69, 9.17) is 9.47 Å². The maximum atomic E-state index is 12.3. The van der Waals surface area contributed by atoms with Gasteiger partial charge in [-0.1, -0.05) is 18.2 Å². The fraction of sp³-hybridized carbons (Fsp3) is 0.474. The molecule has 2 aromatic rings. The van der Waals surface area contributed by atoms with Crippen molar-refractivity contribution >= 4 is 17.4 Å². The second-order valence-corrected chi connectivity index (χ2v) is 7.82. The first-order valence-electron chi connectivity index (χ1n) is 8.99. The standard InChI is InChI=1S/C19H23N3O3S/c23-18-22(11-12-24-16-4-2-1-3-5-16)15-19(25-18)6-9-21(10-7-19)14-17-20-8-13-26-17/h1-5,8,13H,6-7,9-12,14-15H2. The monoisotopic (exact) mass is 373 g/mol. The van der Waals surface area contributed by atoms with Crippen molar-refractivity contribution in [3.63, 3.8) is 0 Å². The van der Waals surface area contributed by atoms with Crippen LogP contribution in [-0.2, 0) is 11.3 Å². The zero-order valence-corrected chi connectivity index (χ0v) is 15.5. The highest BCUT2D eigenvalue weighted by atomic mass is 32.1. The second-order valence-electron chi connectivity index (χ2n) is 6.84. The van der Waals surface area contributed by atoms with Crippen molar-refractivity contribution in [3.8, 4) is 5.75 Å². The van der Waals surface area contributed by atoms with Crippen LogP contribution in [0.3, 0.4) is 0 Å². The highest BCUT2D eigenvalue weighted by Crippen LogP contribution is 2.33.